The molecule has 0 unspecified atom stereocenters. The highest BCUT2D eigenvalue weighted by atomic mass is 32.1. The number of nitrogens with zero attached hydrogens (tertiary/aromatic N) is 3. The molecule has 2 heterocycles. The number of carbonyl (C=O) groups is 1. The molecule has 2 aromatic rings. The average Bonchev–Trinajstić information content (AvgIpc) is 2.88. The summed E-state index contributed by atoms with van der Waals surface area (Å²) in [5.41, 5.74) is 0.947. The lowest BCUT2D eigenvalue weighted by Crippen LogP contribution is -2.31. The van der Waals surface area contributed by atoms with E-state index in [-0.39, 0.29) is 12.1 Å². The minimum atomic E-state index is -0.298. The van der Waals surface area contributed by atoms with Gasteiger partial charge in [0.1, 0.15) is 5.01 Å². The van der Waals surface area contributed by atoms with Gasteiger partial charge in [0.15, 0.2) is 0 Å². The number of hydrogen-bond donors (Lipinski definition) is 2. The van der Waals surface area contributed by atoms with Gasteiger partial charge in [0, 0.05) is 18.3 Å². The van der Waals surface area contributed by atoms with Gasteiger partial charge in [-0.1, -0.05) is 31.3 Å². The molecule has 6 nitrogen and oxygen atoms in total. The Balaban J connectivity index is 1.92. The molecule has 0 bridgehead atoms. The first-order valence-electron chi connectivity index (χ1n) is 6.37. The normalized spacial score (nSPS) is 12.2. The third-order valence-corrected chi connectivity index (χ3v) is 3.83. The zero-order chi connectivity index (χ0) is 14.5. The highest BCUT2D eigenvalue weighted by molar-refractivity contribution is 7.15. The molecule has 0 spiro atoms. The quantitative estimate of drug-likeness (QED) is 0.907. The second-order valence-corrected chi connectivity index (χ2v) is 5.72. The minimum absolute atomic E-state index is 0.124. The number of pyridine rings is 1. The van der Waals surface area contributed by atoms with Crippen LogP contribution in [0.4, 0.5) is 9.93 Å². The van der Waals surface area contributed by atoms with Crippen molar-refractivity contribution < 1.29 is 4.79 Å². The number of anilines is 1. The van der Waals surface area contributed by atoms with Gasteiger partial charge in [-0.2, -0.15) is 0 Å². The lowest BCUT2D eigenvalue weighted by atomic mass is 10.1. The van der Waals surface area contributed by atoms with Crippen molar-refractivity contribution in [2.45, 2.75) is 32.7 Å². The fraction of sp³-hybridized carbons (Fsp3) is 0.385. The first kappa shape index (κ1) is 14.4. The number of hydrogen-bond acceptors (Lipinski definition) is 5. The van der Waals surface area contributed by atoms with E-state index in [0.717, 1.165) is 10.6 Å². The number of carbonyl (C=O) groups excluding carboxylic acids is 1. The molecule has 2 N–H and O–H groups in total. The molecule has 2 rings (SSSR count). The molecule has 0 aromatic carbocycles. The summed E-state index contributed by atoms with van der Waals surface area (Å²) in [5, 5.41) is 14.9. The molecule has 0 saturated carbocycles. The van der Waals surface area contributed by atoms with Crippen molar-refractivity contribution in [1.82, 2.24) is 20.5 Å². The van der Waals surface area contributed by atoms with Gasteiger partial charge in [-0.15, -0.1) is 10.2 Å². The Kier molecular flexibility index (Phi) is 4.62. The fourth-order valence-electron chi connectivity index (χ4n) is 1.56. The fourth-order valence-corrected chi connectivity index (χ4v) is 2.30. The molecule has 0 fully saturated rings. The van der Waals surface area contributed by atoms with E-state index in [1.54, 1.807) is 12.4 Å². The van der Waals surface area contributed by atoms with Crippen molar-refractivity contribution in [2.75, 3.05) is 5.32 Å². The van der Waals surface area contributed by atoms with Crippen LogP contribution >= 0.6 is 11.3 Å². The van der Waals surface area contributed by atoms with E-state index in [0.29, 0.717) is 11.0 Å². The van der Waals surface area contributed by atoms with Gasteiger partial charge in [0.05, 0.1) is 6.04 Å². The maximum atomic E-state index is 11.9. The summed E-state index contributed by atoms with van der Waals surface area (Å²) in [5.74, 6) is 0.306. The first-order chi connectivity index (χ1) is 9.56. The Hall–Kier alpha value is -2.02. The molecular formula is C13H17N5OS. The second kappa shape index (κ2) is 6.42. The number of aromatic nitrogens is 3. The van der Waals surface area contributed by atoms with Crippen molar-refractivity contribution in [3.05, 3.63) is 35.1 Å². The number of nitrogens with one attached hydrogen (secondary N) is 2. The third-order valence-electron chi connectivity index (χ3n) is 2.69. The average molecular weight is 291 g/mol. The van der Waals surface area contributed by atoms with E-state index in [1.807, 2.05) is 32.9 Å². The molecule has 7 heteroatoms. The van der Waals surface area contributed by atoms with Gasteiger partial charge in [-0.25, -0.2) is 4.79 Å². The maximum Gasteiger partial charge on any atom is 0.321 e. The van der Waals surface area contributed by atoms with Crippen molar-refractivity contribution in [3.63, 3.8) is 0 Å². The van der Waals surface area contributed by atoms with Crippen LogP contribution in [-0.2, 0) is 0 Å². The Morgan fingerprint density at radius 3 is 2.70 bits per heavy atom. The van der Waals surface area contributed by atoms with Gasteiger partial charge >= 0.3 is 6.03 Å². The maximum absolute atomic E-state index is 11.9. The summed E-state index contributed by atoms with van der Waals surface area (Å²) in [6.07, 6.45) is 3.43. The molecule has 0 saturated heterocycles. The van der Waals surface area contributed by atoms with Crippen LogP contribution in [0, 0.1) is 0 Å². The third kappa shape index (κ3) is 3.74. The topological polar surface area (TPSA) is 79.8 Å². The Labute approximate surface area is 121 Å². The largest absolute Gasteiger partial charge is 0.331 e. The highest BCUT2D eigenvalue weighted by Crippen LogP contribution is 2.22. The van der Waals surface area contributed by atoms with Crippen molar-refractivity contribution in [1.29, 1.82) is 0 Å². The van der Waals surface area contributed by atoms with Gasteiger partial charge < -0.3 is 5.32 Å². The van der Waals surface area contributed by atoms with Crippen molar-refractivity contribution in [3.8, 4) is 0 Å². The first-order valence-corrected chi connectivity index (χ1v) is 7.18. The van der Waals surface area contributed by atoms with E-state index < -0.39 is 0 Å². The van der Waals surface area contributed by atoms with E-state index in [9.17, 15) is 4.79 Å². The van der Waals surface area contributed by atoms with Crippen LogP contribution in [0.15, 0.2) is 24.5 Å². The standard InChI is InChI=1S/C13H17N5OS/c1-8(2)11-17-18-13(20-11)16-12(19)15-9(3)10-5-4-6-14-7-10/h4-9H,1-3H3,(H2,15,16,18,19)/t9-/m1/s1. The summed E-state index contributed by atoms with van der Waals surface area (Å²) in [6.45, 7) is 5.97. The van der Waals surface area contributed by atoms with Crippen molar-refractivity contribution in [2.24, 2.45) is 0 Å². The Bertz CT molecular complexity index is 569. The van der Waals surface area contributed by atoms with Crippen LogP contribution in [0.5, 0.6) is 0 Å². The molecule has 106 valence electrons. The zero-order valence-corrected chi connectivity index (χ0v) is 12.4. The molecule has 2 aromatic heterocycles. The van der Waals surface area contributed by atoms with E-state index >= 15 is 0 Å². The van der Waals surface area contributed by atoms with Crippen LogP contribution in [0.3, 0.4) is 0 Å². The van der Waals surface area contributed by atoms with Crippen LogP contribution in [-0.4, -0.2) is 21.2 Å². The summed E-state index contributed by atoms with van der Waals surface area (Å²) in [7, 11) is 0. The van der Waals surface area contributed by atoms with Crippen LogP contribution < -0.4 is 10.6 Å². The van der Waals surface area contributed by atoms with E-state index in [2.05, 4.69) is 25.8 Å². The summed E-state index contributed by atoms with van der Waals surface area (Å²) in [4.78, 5) is 15.9. The predicted molar refractivity (Wildman–Crippen MR) is 78.8 cm³/mol. The van der Waals surface area contributed by atoms with Crippen LogP contribution in [0.25, 0.3) is 0 Å². The van der Waals surface area contributed by atoms with Gasteiger partial charge in [0.25, 0.3) is 0 Å². The molecule has 2 amide bonds. The lowest BCUT2D eigenvalue weighted by Gasteiger charge is -2.13. The lowest BCUT2D eigenvalue weighted by molar-refractivity contribution is 0.249. The van der Waals surface area contributed by atoms with E-state index in [4.69, 9.17) is 0 Å². The van der Waals surface area contributed by atoms with Crippen LogP contribution in [0.1, 0.15) is 43.3 Å². The number of rotatable bonds is 4. The summed E-state index contributed by atoms with van der Waals surface area (Å²) < 4.78 is 0. The molecular weight excluding hydrogens is 274 g/mol. The zero-order valence-electron chi connectivity index (χ0n) is 11.6. The monoisotopic (exact) mass is 291 g/mol. The Morgan fingerprint density at radius 2 is 2.10 bits per heavy atom. The SMILES string of the molecule is CC(C)c1nnc(NC(=O)N[C@H](C)c2cccnc2)s1. The van der Waals surface area contributed by atoms with Gasteiger partial charge in [0.2, 0.25) is 5.13 Å². The number of urea groups is 1. The predicted octanol–water partition coefficient (Wildman–Crippen LogP) is 2.94. The smallest absolute Gasteiger partial charge is 0.321 e. The highest BCUT2D eigenvalue weighted by Gasteiger charge is 2.13. The summed E-state index contributed by atoms with van der Waals surface area (Å²) in [6, 6.07) is 3.33. The summed E-state index contributed by atoms with van der Waals surface area (Å²) >= 11 is 1.39. The molecule has 0 aliphatic heterocycles. The second-order valence-electron chi connectivity index (χ2n) is 4.71. The van der Waals surface area contributed by atoms with Crippen molar-refractivity contribution >= 4 is 22.5 Å². The number of amides is 2. The molecule has 20 heavy (non-hydrogen) atoms. The van der Waals surface area contributed by atoms with Crippen LogP contribution in [0.2, 0.25) is 0 Å². The van der Waals surface area contributed by atoms with Gasteiger partial charge in [-0.3, -0.25) is 10.3 Å². The molecule has 0 aliphatic rings. The Morgan fingerprint density at radius 1 is 1.30 bits per heavy atom. The molecule has 0 radical (unpaired) electrons. The molecule has 1 atom stereocenters. The van der Waals surface area contributed by atoms with E-state index in [1.165, 1.54) is 11.3 Å². The minimum Gasteiger partial charge on any atom is -0.331 e. The van der Waals surface area contributed by atoms with Gasteiger partial charge in [-0.05, 0) is 18.6 Å². The molecule has 0 aliphatic carbocycles.